The molecule has 1 N–H and O–H groups in total. The van der Waals surface area contributed by atoms with Crippen LogP contribution in [0.1, 0.15) is 34.1 Å². The number of carbonyl (C=O) groups excluding carboxylic acids is 1. The molecule has 4 nitrogen and oxygen atoms in total. The summed E-state index contributed by atoms with van der Waals surface area (Å²) >= 11 is 0. The lowest BCUT2D eigenvalue weighted by Gasteiger charge is -2.30. The molecule has 0 aliphatic carbocycles. The van der Waals surface area contributed by atoms with Crippen LogP contribution in [-0.2, 0) is 19.4 Å². The lowest BCUT2D eigenvalue weighted by atomic mass is 9.99. The summed E-state index contributed by atoms with van der Waals surface area (Å²) in [7, 11) is 0. The highest BCUT2D eigenvalue weighted by molar-refractivity contribution is 6.03. The highest BCUT2D eigenvalue weighted by atomic mass is 16.1. The Morgan fingerprint density at radius 2 is 1.85 bits per heavy atom. The number of aromatic nitrogens is 1. The molecule has 0 atom stereocenters. The first-order chi connectivity index (χ1) is 13.2. The number of rotatable bonds is 4. The first kappa shape index (κ1) is 17.3. The molecule has 1 aliphatic rings. The Balaban J connectivity index is 1.49. The lowest BCUT2D eigenvalue weighted by molar-refractivity contribution is 0.102. The summed E-state index contributed by atoms with van der Waals surface area (Å²) in [5, 5.41) is 2.94. The summed E-state index contributed by atoms with van der Waals surface area (Å²) in [6.07, 6.45) is 3.71. The molecule has 0 fully saturated rings. The van der Waals surface area contributed by atoms with Crippen molar-refractivity contribution in [3.63, 3.8) is 0 Å². The second-order valence-corrected chi connectivity index (χ2v) is 6.84. The Morgan fingerprint density at radius 1 is 1.07 bits per heavy atom. The number of pyridine rings is 1. The number of nitrogens with one attached hydrogen (secondary N) is 1. The van der Waals surface area contributed by atoms with Gasteiger partial charge in [0.05, 0.1) is 0 Å². The second-order valence-electron chi connectivity index (χ2n) is 6.84. The number of hydrogen-bond donors (Lipinski definition) is 1. The van der Waals surface area contributed by atoms with Crippen LogP contribution in [0.15, 0.2) is 66.9 Å². The van der Waals surface area contributed by atoms with Gasteiger partial charge in [-0.25, -0.2) is 0 Å². The molecule has 0 spiro atoms. The van der Waals surface area contributed by atoms with Gasteiger partial charge in [0.15, 0.2) is 0 Å². The molecule has 27 heavy (non-hydrogen) atoms. The maximum Gasteiger partial charge on any atom is 0.274 e. The Kier molecular flexibility index (Phi) is 4.88. The van der Waals surface area contributed by atoms with Crippen LogP contribution in [0.4, 0.5) is 11.4 Å². The van der Waals surface area contributed by atoms with Crippen molar-refractivity contribution < 1.29 is 4.79 Å². The minimum Gasteiger partial charge on any atom is -0.367 e. The van der Waals surface area contributed by atoms with E-state index in [1.807, 2.05) is 36.4 Å². The monoisotopic (exact) mass is 357 g/mol. The van der Waals surface area contributed by atoms with Gasteiger partial charge in [-0.15, -0.1) is 0 Å². The zero-order valence-corrected chi connectivity index (χ0v) is 15.5. The number of benzene rings is 2. The Bertz CT molecular complexity index is 950. The smallest absolute Gasteiger partial charge is 0.274 e. The molecule has 2 aromatic carbocycles. The van der Waals surface area contributed by atoms with Crippen LogP contribution in [0.2, 0.25) is 0 Å². The third-order valence-electron chi connectivity index (χ3n) is 5.09. The molecule has 4 heteroatoms. The number of anilines is 2. The van der Waals surface area contributed by atoms with Crippen LogP contribution in [0.25, 0.3) is 0 Å². The van der Waals surface area contributed by atoms with Crippen LogP contribution in [0.3, 0.4) is 0 Å². The van der Waals surface area contributed by atoms with Crippen molar-refractivity contribution in [1.82, 2.24) is 4.98 Å². The standard InChI is InChI=1S/C23H23N3O/c1-2-17-7-9-20(10-8-17)25-23(27)22-15-21(11-13-24-22)26-14-12-18-5-3-4-6-19(18)16-26/h3-11,13,15H,2,12,14,16H2,1H3,(H,25,27). The summed E-state index contributed by atoms with van der Waals surface area (Å²) in [4.78, 5) is 19.2. The number of aryl methyl sites for hydroxylation is 1. The van der Waals surface area contributed by atoms with Gasteiger partial charge in [0, 0.05) is 30.7 Å². The molecule has 0 saturated carbocycles. The molecule has 0 radical (unpaired) electrons. The number of hydrogen-bond acceptors (Lipinski definition) is 3. The van der Waals surface area contributed by atoms with E-state index in [1.54, 1.807) is 6.20 Å². The van der Waals surface area contributed by atoms with E-state index in [0.717, 1.165) is 37.3 Å². The Labute approximate surface area is 159 Å². The first-order valence-electron chi connectivity index (χ1n) is 9.41. The van der Waals surface area contributed by atoms with Crippen molar-refractivity contribution in [2.24, 2.45) is 0 Å². The van der Waals surface area contributed by atoms with Gasteiger partial charge in [-0.3, -0.25) is 9.78 Å². The fraction of sp³-hybridized carbons (Fsp3) is 0.217. The highest BCUT2D eigenvalue weighted by Gasteiger charge is 2.17. The minimum atomic E-state index is -0.182. The predicted molar refractivity (Wildman–Crippen MR) is 109 cm³/mol. The average molecular weight is 357 g/mol. The van der Waals surface area contributed by atoms with Gasteiger partial charge in [-0.05, 0) is 53.8 Å². The van der Waals surface area contributed by atoms with Gasteiger partial charge < -0.3 is 10.2 Å². The molecule has 2 heterocycles. The van der Waals surface area contributed by atoms with Crippen molar-refractivity contribution in [2.75, 3.05) is 16.8 Å². The summed E-state index contributed by atoms with van der Waals surface area (Å²) in [5.74, 6) is -0.182. The lowest BCUT2D eigenvalue weighted by Crippen LogP contribution is -2.30. The zero-order chi connectivity index (χ0) is 18.6. The van der Waals surface area contributed by atoms with Crippen LogP contribution < -0.4 is 10.2 Å². The van der Waals surface area contributed by atoms with Crippen molar-refractivity contribution in [3.8, 4) is 0 Å². The molecule has 1 amide bonds. The zero-order valence-electron chi connectivity index (χ0n) is 15.5. The molecule has 136 valence electrons. The fourth-order valence-corrected chi connectivity index (χ4v) is 3.48. The second kappa shape index (κ2) is 7.62. The molecule has 1 aliphatic heterocycles. The van der Waals surface area contributed by atoms with Gasteiger partial charge in [0.2, 0.25) is 0 Å². The SMILES string of the molecule is CCc1ccc(NC(=O)c2cc(N3CCc4ccccc4C3)ccn2)cc1. The van der Waals surface area contributed by atoms with Gasteiger partial charge in [-0.2, -0.15) is 0 Å². The molecule has 0 saturated heterocycles. The van der Waals surface area contributed by atoms with Crippen LogP contribution in [0.5, 0.6) is 0 Å². The molecule has 4 rings (SSSR count). The van der Waals surface area contributed by atoms with Crippen molar-refractivity contribution in [2.45, 2.75) is 26.3 Å². The first-order valence-corrected chi connectivity index (χ1v) is 9.41. The summed E-state index contributed by atoms with van der Waals surface area (Å²) in [6, 6.07) is 20.3. The van der Waals surface area contributed by atoms with Crippen molar-refractivity contribution >= 4 is 17.3 Å². The largest absolute Gasteiger partial charge is 0.367 e. The third-order valence-corrected chi connectivity index (χ3v) is 5.09. The average Bonchev–Trinajstić information content (AvgIpc) is 2.74. The molecular formula is C23H23N3O. The van der Waals surface area contributed by atoms with E-state index in [0.29, 0.717) is 5.69 Å². The van der Waals surface area contributed by atoms with Gasteiger partial charge in [0.25, 0.3) is 5.91 Å². The quantitative estimate of drug-likeness (QED) is 0.750. The van der Waals surface area contributed by atoms with E-state index in [2.05, 4.69) is 46.4 Å². The number of fused-ring (bicyclic) bond motifs is 1. The number of amides is 1. The Hall–Kier alpha value is -3.14. The minimum absolute atomic E-state index is 0.182. The summed E-state index contributed by atoms with van der Waals surface area (Å²) in [6.45, 7) is 3.92. The highest BCUT2D eigenvalue weighted by Crippen LogP contribution is 2.24. The summed E-state index contributed by atoms with van der Waals surface area (Å²) in [5.41, 5.74) is 6.27. The number of nitrogens with zero attached hydrogens (tertiary/aromatic N) is 2. The molecule has 0 unspecified atom stereocenters. The van der Waals surface area contributed by atoms with Crippen molar-refractivity contribution in [1.29, 1.82) is 0 Å². The van der Waals surface area contributed by atoms with E-state index >= 15 is 0 Å². The molecule has 1 aromatic heterocycles. The molecule has 0 bridgehead atoms. The topological polar surface area (TPSA) is 45.2 Å². The van der Waals surface area contributed by atoms with Crippen LogP contribution >= 0.6 is 0 Å². The summed E-state index contributed by atoms with van der Waals surface area (Å²) < 4.78 is 0. The molecular weight excluding hydrogens is 334 g/mol. The fourth-order valence-electron chi connectivity index (χ4n) is 3.48. The van der Waals surface area contributed by atoms with E-state index in [9.17, 15) is 4.79 Å². The van der Waals surface area contributed by atoms with E-state index in [4.69, 9.17) is 0 Å². The predicted octanol–water partition coefficient (Wildman–Crippen LogP) is 4.46. The Morgan fingerprint density at radius 3 is 2.63 bits per heavy atom. The molecule has 3 aromatic rings. The van der Waals surface area contributed by atoms with E-state index in [-0.39, 0.29) is 5.91 Å². The normalized spacial score (nSPS) is 13.1. The maximum atomic E-state index is 12.6. The van der Waals surface area contributed by atoms with Gasteiger partial charge >= 0.3 is 0 Å². The van der Waals surface area contributed by atoms with Crippen LogP contribution in [-0.4, -0.2) is 17.4 Å². The van der Waals surface area contributed by atoms with E-state index < -0.39 is 0 Å². The van der Waals surface area contributed by atoms with E-state index in [1.165, 1.54) is 16.7 Å². The van der Waals surface area contributed by atoms with Gasteiger partial charge in [0.1, 0.15) is 5.69 Å². The van der Waals surface area contributed by atoms with Crippen molar-refractivity contribution in [3.05, 3.63) is 89.2 Å². The van der Waals surface area contributed by atoms with Crippen LogP contribution in [0, 0.1) is 0 Å². The number of carbonyl (C=O) groups is 1. The van der Waals surface area contributed by atoms with Gasteiger partial charge in [-0.1, -0.05) is 43.3 Å². The maximum absolute atomic E-state index is 12.6. The third kappa shape index (κ3) is 3.85.